The van der Waals surface area contributed by atoms with Crippen molar-refractivity contribution in [2.45, 2.75) is 45.4 Å². The number of hydrogen-bond donors (Lipinski definition) is 2. The highest BCUT2D eigenvalue weighted by Crippen LogP contribution is 2.30. The third-order valence-corrected chi connectivity index (χ3v) is 3.83. The van der Waals surface area contributed by atoms with Crippen LogP contribution in [0.15, 0.2) is 28.7 Å². The minimum atomic E-state index is -0.732. The Kier molecular flexibility index (Phi) is 5.99. The Labute approximate surface area is 124 Å². The highest BCUT2D eigenvalue weighted by atomic mass is 79.9. The lowest BCUT2D eigenvalue weighted by Gasteiger charge is -2.37. The molecule has 108 valence electrons. The highest BCUT2D eigenvalue weighted by Gasteiger charge is 2.28. The molecule has 1 aromatic carbocycles. The summed E-state index contributed by atoms with van der Waals surface area (Å²) in [6.07, 6.45) is 0. The zero-order chi connectivity index (χ0) is 14.6. The van der Waals surface area contributed by atoms with Crippen LogP contribution >= 0.6 is 15.9 Å². The third kappa shape index (κ3) is 4.88. The Morgan fingerprint density at radius 1 is 1.37 bits per heavy atom. The van der Waals surface area contributed by atoms with Gasteiger partial charge in [0.25, 0.3) is 0 Å². The second kappa shape index (κ2) is 6.84. The largest absolute Gasteiger partial charge is 0.389 e. The second-order valence-corrected chi connectivity index (χ2v) is 6.56. The van der Waals surface area contributed by atoms with Crippen molar-refractivity contribution >= 4 is 15.9 Å². The van der Waals surface area contributed by atoms with E-state index in [1.54, 1.807) is 0 Å². The molecule has 2 atom stereocenters. The summed E-state index contributed by atoms with van der Waals surface area (Å²) in [7, 11) is 0. The Balaban J connectivity index is 3.09. The molecule has 0 saturated heterocycles. The van der Waals surface area contributed by atoms with Crippen LogP contribution in [0.2, 0.25) is 0 Å². The third-order valence-electron chi connectivity index (χ3n) is 3.11. The minimum Gasteiger partial charge on any atom is -0.389 e. The number of likely N-dealkylation sites (N-methyl/N-ethyl adjacent to an activating group) is 1. The van der Waals surface area contributed by atoms with Crippen LogP contribution in [0.3, 0.4) is 0 Å². The maximum absolute atomic E-state index is 10.1. The van der Waals surface area contributed by atoms with Gasteiger partial charge in [-0.15, -0.1) is 0 Å². The van der Waals surface area contributed by atoms with Crippen LogP contribution in [-0.4, -0.2) is 34.7 Å². The average Bonchev–Trinajstić information content (AvgIpc) is 2.28. The Hall–Kier alpha value is -0.420. The van der Waals surface area contributed by atoms with Gasteiger partial charge < -0.3 is 10.8 Å². The first kappa shape index (κ1) is 16.6. The molecule has 0 fully saturated rings. The molecule has 0 aromatic heterocycles. The van der Waals surface area contributed by atoms with Crippen molar-refractivity contribution in [3.8, 4) is 0 Å². The van der Waals surface area contributed by atoms with Crippen molar-refractivity contribution in [1.29, 1.82) is 0 Å². The molecule has 0 aliphatic rings. The number of aliphatic hydroxyl groups is 1. The topological polar surface area (TPSA) is 49.5 Å². The normalized spacial score (nSPS) is 15.6. The van der Waals surface area contributed by atoms with Crippen LogP contribution in [-0.2, 0) is 0 Å². The molecule has 0 spiro atoms. The number of rotatable bonds is 6. The Morgan fingerprint density at radius 2 is 1.95 bits per heavy atom. The first-order chi connectivity index (χ1) is 8.76. The lowest BCUT2D eigenvalue weighted by molar-refractivity contribution is 0.0186. The van der Waals surface area contributed by atoms with E-state index in [0.29, 0.717) is 6.54 Å². The van der Waals surface area contributed by atoms with Crippen LogP contribution in [0.4, 0.5) is 0 Å². The number of benzene rings is 1. The van der Waals surface area contributed by atoms with E-state index < -0.39 is 5.60 Å². The lowest BCUT2D eigenvalue weighted by Crippen LogP contribution is -2.46. The smallest absolute Gasteiger partial charge is 0.0718 e. The van der Waals surface area contributed by atoms with E-state index in [2.05, 4.69) is 33.8 Å². The van der Waals surface area contributed by atoms with Gasteiger partial charge in [0.1, 0.15) is 0 Å². The second-order valence-electron chi connectivity index (χ2n) is 5.70. The van der Waals surface area contributed by atoms with Crippen molar-refractivity contribution in [3.05, 3.63) is 34.3 Å². The fourth-order valence-corrected chi connectivity index (χ4v) is 2.95. The fourth-order valence-electron chi connectivity index (χ4n) is 2.43. The summed E-state index contributed by atoms with van der Waals surface area (Å²) in [5.41, 5.74) is 6.63. The first-order valence-corrected chi connectivity index (χ1v) is 7.52. The number of nitrogens with two attached hydrogens (primary N) is 1. The molecule has 0 amide bonds. The van der Waals surface area contributed by atoms with Crippen LogP contribution in [0.1, 0.15) is 39.3 Å². The predicted octanol–water partition coefficient (Wildman–Crippen LogP) is 2.93. The molecule has 19 heavy (non-hydrogen) atoms. The Bertz CT molecular complexity index is 401. The van der Waals surface area contributed by atoms with E-state index in [9.17, 15) is 5.11 Å². The summed E-state index contributed by atoms with van der Waals surface area (Å²) < 4.78 is 1.06. The first-order valence-electron chi connectivity index (χ1n) is 6.72. The SMILES string of the molecule is CCN(CC(C)(C)O)C(c1ccccc1Br)C(C)N. The van der Waals surface area contributed by atoms with Gasteiger partial charge in [0.2, 0.25) is 0 Å². The quantitative estimate of drug-likeness (QED) is 0.844. The minimum absolute atomic E-state index is 0.0130. The highest BCUT2D eigenvalue weighted by molar-refractivity contribution is 9.10. The van der Waals surface area contributed by atoms with Crippen LogP contribution in [0.25, 0.3) is 0 Å². The van der Waals surface area contributed by atoms with Gasteiger partial charge in [-0.2, -0.15) is 0 Å². The standard InChI is InChI=1S/C15H25BrN2O/c1-5-18(10-15(3,4)19)14(11(2)17)12-8-6-7-9-13(12)16/h6-9,11,14,19H,5,10,17H2,1-4H3. The summed E-state index contributed by atoms with van der Waals surface area (Å²) in [5.74, 6) is 0. The van der Waals surface area contributed by atoms with Gasteiger partial charge >= 0.3 is 0 Å². The van der Waals surface area contributed by atoms with Crippen LogP contribution < -0.4 is 5.73 Å². The van der Waals surface area contributed by atoms with E-state index >= 15 is 0 Å². The van der Waals surface area contributed by atoms with Gasteiger partial charge in [-0.3, -0.25) is 4.90 Å². The monoisotopic (exact) mass is 328 g/mol. The zero-order valence-corrected chi connectivity index (χ0v) is 13.8. The van der Waals surface area contributed by atoms with Crippen LogP contribution in [0, 0.1) is 0 Å². The average molecular weight is 329 g/mol. The molecule has 2 unspecified atom stereocenters. The molecular weight excluding hydrogens is 304 g/mol. The number of halogens is 1. The molecule has 0 heterocycles. The van der Waals surface area contributed by atoms with Crippen molar-refractivity contribution in [3.63, 3.8) is 0 Å². The van der Waals surface area contributed by atoms with Gasteiger partial charge in [0.05, 0.1) is 11.6 Å². The van der Waals surface area contributed by atoms with E-state index in [-0.39, 0.29) is 12.1 Å². The maximum atomic E-state index is 10.1. The molecule has 0 saturated carbocycles. The van der Waals surface area contributed by atoms with E-state index in [4.69, 9.17) is 5.73 Å². The summed E-state index contributed by atoms with van der Waals surface area (Å²) >= 11 is 3.60. The van der Waals surface area contributed by atoms with Crippen molar-refractivity contribution < 1.29 is 5.11 Å². The van der Waals surface area contributed by atoms with Gasteiger partial charge in [-0.05, 0) is 38.9 Å². The molecule has 1 rings (SSSR count). The van der Waals surface area contributed by atoms with Crippen molar-refractivity contribution in [2.24, 2.45) is 5.73 Å². The Morgan fingerprint density at radius 3 is 2.37 bits per heavy atom. The molecule has 3 nitrogen and oxygen atoms in total. The van der Waals surface area contributed by atoms with Crippen LogP contribution in [0.5, 0.6) is 0 Å². The molecule has 3 N–H and O–H groups in total. The predicted molar refractivity (Wildman–Crippen MR) is 84.1 cm³/mol. The zero-order valence-electron chi connectivity index (χ0n) is 12.2. The molecule has 0 aliphatic carbocycles. The van der Waals surface area contributed by atoms with E-state index in [1.165, 1.54) is 5.56 Å². The fraction of sp³-hybridized carbons (Fsp3) is 0.600. The molecule has 0 radical (unpaired) electrons. The van der Waals surface area contributed by atoms with E-state index in [1.807, 2.05) is 39.0 Å². The van der Waals surface area contributed by atoms with Gasteiger partial charge in [0.15, 0.2) is 0 Å². The van der Waals surface area contributed by atoms with Gasteiger partial charge in [-0.1, -0.05) is 41.1 Å². The summed E-state index contributed by atoms with van der Waals surface area (Å²) in [6.45, 7) is 9.20. The number of hydrogen-bond acceptors (Lipinski definition) is 3. The lowest BCUT2D eigenvalue weighted by atomic mass is 9.97. The summed E-state index contributed by atoms with van der Waals surface area (Å²) in [5, 5.41) is 10.1. The molecular formula is C15H25BrN2O. The molecule has 4 heteroatoms. The van der Waals surface area contributed by atoms with Gasteiger partial charge in [0, 0.05) is 17.1 Å². The molecule has 0 bridgehead atoms. The maximum Gasteiger partial charge on any atom is 0.0718 e. The van der Waals surface area contributed by atoms with Crippen molar-refractivity contribution in [1.82, 2.24) is 4.90 Å². The molecule has 0 aliphatic heterocycles. The summed E-state index contributed by atoms with van der Waals surface area (Å²) in [6, 6.07) is 8.22. The molecule has 1 aromatic rings. The van der Waals surface area contributed by atoms with Crippen molar-refractivity contribution in [2.75, 3.05) is 13.1 Å². The number of nitrogens with zero attached hydrogens (tertiary/aromatic N) is 1. The summed E-state index contributed by atoms with van der Waals surface area (Å²) in [4.78, 5) is 2.23. The van der Waals surface area contributed by atoms with Gasteiger partial charge in [-0.25, -0.2) is 0 Å². The van der Waals surface area contributed by atoms with E-state index in [0.717, 1.165) is 11.0 Å².